The summed E-state index contributed by atoms with van der Waals surface area (Å²) in [4.78, 5) is 19.1. The van der Waals surface area contributed by atoms with Crippen LogP contribution >= 0.6 is 11.6 Å². The van der Waals surface area contributed by atoms with Crippen LogP contribution < -0.4 is 10.1 Å². The fourth-order valence-electron chi connectivity index (χ4n) is 1.83. The monoisotopic (exact) mass is 307 g/mol. The van der Waals surface area contributed by atoms with Crippen LogP contribution in [0.1, 0.15) is 19.2 Å². The van der Waals surface area contributed by atoms with Crippen molar-refractivity contribution in [1.29, 1.82) is 0 Å². The zero-order valence-electron chi connectivity index (χ0n) is 11.8. The number of para-hydroxylation sites is 1. The molecule has 1 aromatic carbocycles. The number of halogens is 1. The number of aryl methyl sites for hydroxylation is 1. The Morgan fingerprint density at radius 3 is 3.00 bits per heavy atom. The van der Waals surface area contributed by atoms with E-state index in [4.69, 9.17) is 16.3 Å². The number of aromatic nitrogens is 2. The Morgan fingerprint density at radius 1 is 1.48 bits per heavy atom. The minimum Gasteiger partial charge on any atom is -0.479 e. The third-order valence-corrected chi connectivity index (χ3v) is 3.27. The summed E-state index contributed by atoms with van der Waals surface area (Å²) in [5.74, 6) is 1.27. The van der Waals surface area contributed by atoms with Gasteiger partial charge in [0.2, 0.25) is 0 Å². The zero-order valence-corrected chi connectivity index (χ0v) is 12.6. The number of H-pyrrole nitrogens is 1. The van der Waals surface area contributed by atoms with Crippen molar-refractivity contribution in [3.63, 3.8) is 0 Å². The van der Waals surface area contributed by atoms with Gasteiger partial charge in [-0.15, -0.1) is 0 Å². The molecule has 0 aliphatic heterocycles. The maximum atomic E-state index is 11.9. The highest BCUT2D eigenvalue weighted by molar-refractivity contribution is 6.32. The summed E-state index contributed by atoms with van der Waals surface area (Å²) < 4.78 is 5.55. The van der Waals surface area contributed by atoms with Crippen molar-refractivity contribution in [2.75, 3.05) is 6.54 Å². The lowest BCUT2D eigenvalue weighted by Crippen LogP contribution is -2.37. The van der Waals surface area contributed by atoms with E-state index in [1.165, 1.54) is 0 Å². The van der Waals surface area contributed by atoms with E-state index in [2.05, 4.69) is 15.3 Å². The van der Waals surface area contributed by atoms with Crippen LogP contribution in [0, 0.1) is 0 Å². The average molecular weight is 308 g/mol. The smallest absolute Gasteiger partial charge is 0.260 e. The summed E-state index contributed by atoms with van der Waals surface area (Å²) in [7, 11) is 0. The summed E-state index contributed by atoms with van der Waals surface area (Å²) in [5, 5.41) is 3.33. The maximum absolute atomic E-state index is 11.9. The van der Waals surface area contributed by atoms with Gasteiger partial charge in [0, 0.05) is 25.4 Å². The van der Waals surface area contributed by atoms with E-state index < -0.39 is 6.10 Å². The first kappa shape index (κ1) is 15.4. The fraction of sp³-hybridized carbons (Fsp3) is 0.333. The lowest BCUT2D eigenvalue weighted by Gasteiger charge is -2.15. The Kier molecular flexibility index (Phi) is 5.63. The Morgan fingerprint density at radius 2 is 2.29 bits per heavy atom. The number of amides is 1. The second kappa shape index (κ2) is 7.69. The summed E-state index contributed by atoms with van der Waals surface area (Å²) in [5.41, 5.74) is 0. The number of benzene rings is 1. The van der Waals surface area contributed by atoms with Gasteiger partial charge in [0.15, 0.2) is 6.10 Å². The molecule has 2 aromatic rings. The first-order valence-corrected chi connectivity index (χ1v) is 7.22. The van der Waals surface area contributed by atoms with E-state index in [0.717, 1.165) is 18.7 Å². The number of rotatable bonds is 7. The van der Waals surface area contributed by atoms with Crippen molar-refractivity contribution < 1.29 is 9.53 Å². The van der Waals surface area contributed by atoms with Gasteiger partial charge < -0.3 is 15.0 Å². The number of carbonyl (C=O) groups excluding carboxylic acids is 1. The molecular formula is C15H18ClN3O2. The van der Waals surface area contributed by atoms with Crippen LogP contribution in [0.15, 0.2) is 36.7 Å². The summed E-state index contributed by atoms with van der Waals surface area (Å²) in [6.45, 7) is 2.28. The van der Waals surface area contributed by atoms with Crippen LogP contribution in [-0.4, -0.2) is 28.5 Å². The van der Waals surface area contributed by atoms with Crippen LogP contribution in [0.2, 0.25) is 5.02 Å². The molecule has 0 fully saturated rings. The van der Waals surface area contributed by atoms with Crippen molar-refractivity contribution in [2.45, 2.75) is 25.9 Å². The van der Waals surface area contributed by atoms with Gasteiger partial charge in [0.1, 0.15) is 11.6 Å². The van der Waals surface area contributed by atoms with E-state index >= 15 is 0 Å². The summed E-state index contributed by atoms with van der Waals surface area (Å²) >= 11 is 5.99. The average Bonchev–Trinajstić information content (AvgIpc) is 2.99. The number of hydrogen-bond acceptors (Lipinski definition) is 3. The van der Waals surface area contributed by atoms with Crippen LogP contribution in [0.25, 0.3) is 0 Å². The lowest BCUT2D eigenvalue weighted by molar-refractivity contribution is -0.127. The van der Waals surface area contributed by atoms with E-state index in [1.807, 2.05) is 12.1 Å². The molecule has 1 amide bonds. The predicted molar refractivity (Wildman–Crippen MR) is 81.5 cm³/mol. The molecule has 5 nitrogen and oxygen atoms in total. The topological polar surface area (TPSA) is 67.0 Å². The van der Waals surface area contributed by atoms with Crippen LogP contribution in [0.3, 0.4) is 0 Å². The van der Waals surface area contributed by atoms with Crippen molar-refractivity contribution in [1.82, 2.24) is 15.3 Å². The molecule has 1 heterocycles. The second-order valence-corrected chi connectivity index (χ2v) is 5.03. The predicted octanol–water partition coefficient (Wildman–Crippen LogP) is 2.58. The summed E-state index contributed by atoms with van der Waals surface area (Å²) in [6, 6.07) is 7.09. The number of ether oxygens (including phenoxy) is 1. The standard InChI is InChI=1S/C15H18ClN3O2/c1-11(21-13-6-3-2-5-12(13)16)15(20)19-8-4-7-14-17-9-10-18-14/h2-3,5-6,9-11H,4,7-8H2,1H3,(H,17,18)(H,19,20). The quantitative estimate of drug-likeness (QED) is 0.773. The minimum atomic E-state index is -0.589. The first-order chi connectivity index (χ1) is 10.2. The van der Waals surface area contributed by atoms with Crippen molar-refractivity contribution in [3.05, 3.63) is 47.5 Å². The lowest BCUT2D eigenvalue weighted by atomic mass is 10.3. The van der Waals surface area contributed by atoms with E-state index in [9.17, 15) is 4.79 Å². The molecule has 2 rings (SSSR count). The SMILES string of the molecule is CC(Oc1ccccc1Cl)C(=O)NCCCc1ncc[nH]1. The van der Waals surface area contributed by atoms with Crippen LogP contribution in [-0.2, 0) is 11.2 Å². The number of imidazole rings is 1. The molecule has 0 bridgehead atoms. The van der Waals surface area contributed by atoms with Crippen molar-refractivity contribution >= 4 is 17.5 Å². The molecule has 0 radical (unpaired) electrons. The van der Waals surface area contributed by atoms with Gasteiger partial charge in [0.25, 0.3) is 5.91 Å². The zero-order chi connectivity index (χ0) is 15.1. The van der Waals surface area contributed by atoms with Gasteiger partial charge in [-0.25, -0.2) is 4.98 Å². The molecule has 6 heteroatoms. The van der Waals surface area contributed by atoms with Crippen molar-refractivity contribution in [2.24, 2.45) is 0 Å². The molecule has 0 aliphatic carbocycles. The molecule has 21 heavy (non-hydrogen) atoms. The Balaban J connectivity index is 1.71. The summed E-state index contributed by atoms with van der Waals surface area (Å²) in [6.07, 6.45) is 4.53. The third-order valence-electron chi connectivity index (χ3n) is 2.95. The largest absolute Gasteiger partial charge is 0.479 e. The Labute approximate surface area is 128 Å². The highest BCUT2D eigenvalue weighted by atomic mass is 35.5. The highest BCUT2D eigenvalue weighted by Gasteiger charge is 2.15. The Bertz CT molecular complexity index is 572. The second-order valence-electron chi connectivity index (χ2n) is 4.62. The fourth-order valence-corrected chi connectivity index (χ4v) is 2.01. The third kappa shape index (κ3) is 4.79. The number of nitrogens with zero attached hydrogens (tertiary/aromatic N) is 1. The van der Waals surface area contributed by atoms with Gasteiger partial charge >= 0.3 is 0 Å². The molecule has 0 saturated heterocycles. The number of aromatic amines is 1. The van der Waals surface area contributed by atoms with Gasteiger partial charge in [-0.05, 0) is 25.5 Å². The molecule has 0 spiro atoms. The van der Waals surface area contributed by atoms with E-state index in [0.29, 0.717) is 17.3 Å². The van der Waals surface area contributed by atoms with Gasteiger partial charge in [-0.1, -0.05) is 23.7 Å². The van der Waals surface area contributed by atoms with Crippen molar-refractivity contribution in [3.8, 4) is 5.75 Å². The Hall–Kier alpha value is -2.01. The minimum absolute atomic E-state index is 0.158. The number of hydrogen-bond donors (Lipinski definition) is 2. The molecule has 0 aliphatic rings. The molecular weight excluding hydrogens is 290 g/mol. The molecule has 1 atom stereocenters. The van der Waals surface area contributed by atoms with Crippen LogP contribution in [0.4, 0.5) is 0 Å². The number of carbonyl (C=O) groups is 1. The highest BCUT2D eigenvalue weighted by Crippen LogP contribution is 2.24. The molecule has 1 unspecified atom stereocenters. The molecule has 2 N–H and O–H groups in total. The van der Waals surface area contributed by atoms with Gasteiger partial charge in [-0.3, -0.25) is 4.79 Å². The first-order valence-electron chi connectivity index (χ1n) is 6.84. The number of nitrogens with one attached hydrogen (secondary N) is 2. The molecule has 0 saturated carbocycles. The molecule has 112 valence electrons. The van der Waals surface area contributed by atoms with Gasteiger partial charge in [0.05, 0.1) is 5.02 Å². The van der Waals surface area contributed by atoms with Gasteiger partial charge in [-0.2, -0.15) is 0 Å². The van der Waals surface area contributed by atoms with Crippen LogP contribution in [0.5, 0.6) is 5.75 Å². The van der Waals surface area contributed by atoms with E-state index in [1.54, 1.807) is 31.5 Å². The normalized spacial score (nSPS) is 11.9. The maximum Gasteiger partial charge on any atom is 0.260 e. The van der Waals surface area contributed by atoms with E-state index in [-0.39, 0.29) is 5.91 Å². The molecule has 1 aromatic heterocycles.